The molecule has 0 amide bonds. The lowest BCUT2D eigenvalue weighted by atomic mass is 10.3. The van der Waals surface area contributed by atoms with Gasteiger partial charge in [0.1, 0.15) is 11.6 Å². The van der Waals surface area contributed by atoms with Crippen LogP contribution in [0.25, 0.3) is 5.69 Å². The maximum Gasteiger partial charge on any atom is 0.125 e. The molecule has 2 aromatic rings. The van der Waals surface area contributed by atoms with Gasteiger partial charge in [-0.15, -0.1) is 0 Å². The first-order chi connectivity index (χ1) is 7.20. The summed E-state index contributed by atoms with van der Waals surface area (Å²) in [6, 6.07) is 6.39. The molecule has 2 rings (SSSR count). The summed E-state index contributed by atoms with van der Waals surface area (Å²) < 4.78 is 14.8. The molecule has 3 nitrogen and oxygen atoms in total. The number of hydrogen-bond donors (Lipinski definition) is 1. The standard InChI is InChI=1S/C11H12FN3/c1-8-14-10(6-13)7-15(8)11-4-2-3-9(12)5-11/h2-5,7H,6,13H2,1H3. The fourth-order valence-electron chi connectivity index (χ4n) is 1.52. The summed E-state index contributed by atoms with van der Waals surface area (Å²) in [6.07, 6.45) is 1.82. The number of nitrogens with two attached hydrogens (primary N) is 1. The lowest BCUT2D eigenvalue weighted by Gasteiger charge is -2.03. The van der Waals surface area contributed by atoms with Crippen molar-refractivity contribution in [3.63, 3.8) is 0 Å². The Balaban J connectivity index is 2.48. The van der Waals surface area contributed by atoms with Crippen molar-refractivity contribution < 1.29 is 4.39 Å². The number of aromatic nitrogens is 2. The molecule has 0 aliphatic carbocycles. The number of hydrogen-bond acceptors (Lipinski definition) is 2. The molecule has 2 N–H and O–H groups in total. The zero-order valence-electron chi connectivity index (χ0n) is 8.44. The van der Waals surface area contributed by atoms with Crippen LogP contribution in [0.3, 0.4) is 0 Å². The van der Waals surface area contributed by atoms with Crippen molar-refractivity contribution in [3.05, 3.63) is 47.8 Å². The quantitative estimate of drug-likeness (QED) is 0.812. The van der Waals surface area contributed by atoms with Crippen LogP contribution in [-0.2, 0) is 6.54 Å². The summed E-state index contributed by atoms with van der Waals surface area (Å²) in [5.74, 6) is 0.552. The van der Waals surface area contributed by atoms with Gasteiger partial charge in [0.2, 0.25) is 0 Å². The van der Waals surface area contributed by atoms with E-state index in [2.05, 4.69) is 4.98 Å². The highest BCUT2D eigenvalue weighted by Crippen LogP contribution is 2.13. The van der Waals surface area contributed by atoms with E-state index in [0.29, 0.717) is 6.54 Å². The first-order valence-corrected chi connectivity index (χ1v) is 4.71. The average Bonchev–Trinajstić information content (AvgIpc) is 2.60. The minimum atomic E-state index is -0.255. The zero-order chi connectivity index (χ0) is 10.8. The Morgan fingerprint density at radius 1 is 1.47 bits per heavy atom. The number of aryl methyl sites for hydroxylation is 1. The van der Waals surface area contributed by atoms with E-state index in [4.69, 9.17) is 5.73 Å². The minimum absolute atomic E-state index is 0.255. The molecule has 1 aromatic heterocycles. The number of benzene rings is 1. The molecule has 15 heavy (non-hydrogen) atoms. The topological polar surface area (TPSA) is 43.8 Å². The van der Waals surface area contributed by atoms with Crippen LogP contribution in [0.2, 0.25) is 0 Å². The Morgan fingerprint density at radius 3 is 2.87 bits per heavy atom. The highest BCUT2D eigenvalue weighted by molar-refractivity contribution is 5.34. The highest BCUT2D eigenvalue weighted by Gasteiger charge is 2.04. The minimum Gasteiger partial charge on any atom is -0.325 e. The molecule has 0 unspecified atom stereocenters. The van der Waals surface area contributed by atoms with Crippen molar-refractivity contribution >= 4 is 0 Å². The van der Waals surface area contributed by atoms with E-state index < -0.39 is 0 Å². The van der Waals surface area contributed by atoms with Gasteiger partial charge < -0.3 is 10.3 Å². The monoisotopic (exact) mass is 205 g/mol. The molecule has 0 atom stereocenters. The second-order valence-electron chi connectivity index (χ2n) is 3.33. The highest BCUT2D eigenvalue weighted by atomic mass is 19.1. The lowest BCUT2D eigenvalue weighted by Crippen LogP contribution is -1.96. The van der Waals surface area contributed by atoms with E-state index in [-0.39, 0.29) is 5.82 Å². The van der Waals surface area contributed by atoms with Crippen LogP contribution in [0.1, 0.15) is 11.5 Å². The first kappa shape index (κ1) is 9.86. The lowest BCUT2D eigenvalue weighted by molar-refractivity contribution is 0.626. The molecule has 0 aliphatic rings. The van der Waals surface area contributed by atoms with E-state index >= 15 is 0 Å². The van der Waals surface area contributed by atoms with Crippen LogP contribution in [0.5, 0.6) is 0 Å². The van der Waals surface area contributed by atoms with Crippen LogP contribution >= 0.6 is 0 Å². The van der Waals surface area contributed by atoms with Crippen LogP contribution in [0, 0.1) is 12.7 Å². The van der Waals surface area contributed by atoms with Gasteiger partial charge in [-0.25, -0.2) is 9.37 Å². The molecule has 0 saturated carbocycles. The van der Waals surface area contributed by atoms with Gasteiger partial charge >= 0.3 is 0 Å². The van der Waals surface area contributed by atoms with Crippen molar-refractivity contribution in [1.29, 1.82) is 0 Å². The van der Waals surface area contributed by atoms with E-state index in [1.807, 2.05) is 23.8 Å². The molecule has 0 fully saturated rings. The second kappa shape index (κ2) is 3.82. The predicted octanol–water partition coefficient (Wildman–Crippen LogP) is 1.78. The molecule has 0 spiro atoms. The number of halogens is 1. The van der Waals surface area contributed by atoms with Gasteiger partial charge in [-0.1, -0.05) is 6.07 Å². The van der Waals surface area contributed by atoms with Crippen LogP contribution in [0.15, 0.2) is 30.5 Å². The Kier molecular flexibility index (Phi) is 2.51. The third-order valence-electron chi connectivity index (χ3n) is 2.23. The van der Waals surface area contributed by atoms with Gasteiger partial charge in [0.05, 0.1) is 5.69 Å². The normalized spacial score (nSPS) is 10.6. The van der Waals surface area contributed by atoms with Crippen LogP contribution in [-0.4, -0.2) is 9.55 Å². The molecule has 0 radical (unpaired) electrons. The van der Waals surface area contributed by atoms with Crippen LogP contribution in [0.4, 0.5) is 4.39 Å². The average molecular weight is 205 g/mol. The largest absolute Gasteiger partial charge is 0.325 e. The molecule has 1 heterocycles. The second-order valence-corrected chi connectivity index (χ2v) is 3.33. The molecule has 0 bridgehead atoms. The van der Waals surface area contributed by atoms with Gasteiger partial charge in [-0.2, -0.15) is 0 Å². The summed E-state index contributed by atoms with van der Waals surface area (Å²) in [5.41, 5.74) is 7.06. The van der Waals surface area contributed by atoms with Gasteiger partial charge in [0, 0.05) is 18.4 Å². The van der Waals surface area contributed by atoms with Crippen molar-refractivity contribution in [2.45, 2.75) is 13.5 Å². The fraction of sp³-hybridized carbons (Fsp3) is 0.182. The van der Waals surface area contributed by atoms with Crippen molar-refractivity contribution in [2.24, 2.45) is 5.73 Å². The fourth-order valence-corrected chi connectivity index (χ4v) is 1.52. The summed E-state index contributed by atoms with van der Waals surface area (Å²) in [5, 5.41) is 0. The number of rotatable bonds is 2. The smallest absolute Gasteiger partial charge is 0.125 e. The van der Waals surface area contributed by atoms with Gasteiger partial charge in [0.25, 0.3) is 0 Å². The molecule has 78 valence electrons. The van der Waals surface area contributed by atoms with Crippen LogP contribution < -0.4 is 5.73 Å². The third kappa shape index (κ3) is 1.89. The summed E-state index contributed by atoms with van der Waals surface area (Å²) >= 11 is 0. The Hall–Kier alpha value is -1.68. The van der Waals surface area contributed by atoms with E-state index in [1.54, 1.807) is 6.07 Å². The summed E-state index contributed by atoms with van der Waals surface area (Å²) in [7, 11) is 0. The molecule has 4 heteroatoms. The maximum absolute atomic E-state index is 13.0. The number of nitrogens with zero attached hydrogens (tertiary/aromatic N) is 2. The van der Waals surface area contributed by atoms with Crippen molar-refractivity contribution in [2.75, 3.05) is 0 Å². The summed E-state index contributed by atoms with van der Waals surface area (Å²) in [4.78, 5) is 4.25. The predicted molar refractivity (Wildman–Crippen MR) is 56.2 cm³/mol. The zero-order valence-corrected chi connectivity index (χ0v) is 8.44. The molecule has 0 aliphatic heterocycles. The Bertz CT molecular complexity index is 476. The Labute approximate surface area is 87.4 Å². The molecular formula is C11H12FN3. The Morgan fingerprint density at radius 2 is 2.27 bits per heavy atom. The van der Waals surface area contributed by atoms with Gasteiger partial charge in [0.15, 0.2) is 0 Å². The third-order valence-corrected chi connectivity index (χ3v) is 2.23. The molecule has 1 aromatic carbocycles. The molecular weight excluding hydrogens is 193 g/mol. The summed E-state index contributed by atoms with van der Waals surface area (Å²) in [6.45, 7) is 2.26. The van der Waals surface area contributed by atoms with Gasteiger partial charge in [-0.3, -0.25) is 0 Å². The first-order valence-electron chi connectivity index (χ1n) is 4.71. The van der Waals surface area contributed by atoms with Gasteiger partial charge in [-0.05, 0) is 25.1 Å². The van der Waals surface area contributed by atoms with Crippen molar-refractivity contribution in [1.82, 2.24) is 9.55 Å². The van der Waals surface area contributed by atoms with Crippen molar-refractivity contribution in [3.8, 4) is 5.69 Å². The SMILES string of the molecule is Cc1nc(CN)cn1-c1cccc(F)c1. The van der Waals surface area contributed by atoms with E-state index in [0.717, 1.165) is 17.2 Å². The van der Waals surface area contributed by atoms with E-state index in [1.165, 1.54) is 12.1 Å². The number of imidazole rings is 1. The van der Waals surface area contributed by atoms with E-state index in [9.17, 15) is 4.39 Å². The molecule has 0 saturated heterocycles. The maximum atomic E-state index is 13.0.